The average Bonchev–Trinajstić information content (AvgIpc) is 2.75. The normalized spacial score (nSPS) is 10.3. The first kappa shape index (κ1) is 12.9. The predicted octanol–water partition coefficient (Wildman–Crippen LogP) is 2.62. The Kier molecular flexibility index (Phi) is 3.84. The first-order chi connectivity index (χ1) is 8.56. The van der Waals surface area contributed by atoms with Crippen LogP contribution in [0.2, 0.25) is 5.15 Å². The van der Waals surface area contributed by atoms with Crippen LogP contribution in [0.25, 0.3) is 0 Å². The molecule has 4 nitrogen and oxygen atoms in total. The number of amides is 1. The highest BCUT2D eigenvalue weighted by Gasteiger charge is 2.11. The molecule has 1 amide bonds. The van der Waals surface area contributed by atoms with Gasteiger partial charge in [0, 0.05) is 9.75 Å². The van der Waals surface area contributed by atoms with Crippen LogP contribution in [0.3, 0.4) is 0 Å². The number of aromatic nitrogens is 1. The van der Waals surface area contributed by atoms with Gasteiger partial charge in [-0.2, -0.15) is 0 Å². The second-order valence-corrected chi connectivity index (χ2v) is 5.55. The quantitative estimate of drug-likeness (QED) is 0.850. The Hall–Kier alpha value is -1.59. The molecule has 0 saturated carbocycles. The Balaban J connectivity index is 2.05. The Labute approximate surface area is 114 Å². The number of nitrogens with zero attached hydrogens (tertiary/aromatic N) is 1. The van der Waals surface area contributed by atoms with Gasteiger partial charge in [-0.3, -0.25) is 4.79 Å². The third-order valence-electron chi connectivity index (χ3n) is 2.37. The van der Waals surface area contributed by atoms with Gasteiger partial charge in [-0.15, -0.1) is 11.3 Å². The average molecular weight is 282 g/mol. The molecule has 2 rings (SSSR count). The number of pyridine rings is 1. The SMILES string of the molecule is Cc1ccc(CNC(=O)c2cc(Cl)ncc2N)s1. The molecule has 18 heavy (non-hydrogen) atoms. The lowest BCUT2D eigenvalue weighted by molar-refractivity contribution is 0.0952. The number of nitrogens with two attached hydrogens (primary N) is 1. The summed E-state index contributed by atoms with van der Waals surface area (Å²) in [5, 5.41) is 3.05. The lowest BCUT2D eigenvalue weighted by atomic mass is 10.2. The van der Waals surface area contributed by atoms with Crippen molar-refractivity contribution < 1.29 is 4.79 Å². The predicted molar refractivity (Wildman–Crippen MR) is 73.9 cm³/mol. The molecule has 0 unspecified atom stereocenters. The van der Waals surface area contributed by atoms with E-state index in [0.29, 0.717) is 17.8 Å². The van der Waals surface area contributed by atoms with E-state index < -0.39 is 0 Å². The largest absolute Gasteiger partial charge is 0.397 e. The van der Waals surface area contributed by atoms with Crippen molar-refractivity contribution in [1.82, 2.24) is 10.3 Å². The summed E-state index contributed by atoms with van der Waals surface area (Å²) in [5.41, 5.74) is 6.35. The molecule has 6 heteroatoms. The van der Waals surface area contributed by atoms with E-state index in [2.05, 4.69) is 10.3 Å². The third-order valence-corrected chi connectivity index (χ3v) is 3.57. The van der Waals surface area contributed by atoms with Gasteiger partial charge >= 0.3 is 0 Å². The molecule has 0 aliphatic carbocycles. The van der Waals surface area contributed by atoms with E-state index in [0.717, 1.165) is 4.88 Å². The molecule has 94 valence electrons. The first-order valence-corrected chi connectivity index (χ1v) is 6.50. The number of nitrogen functional groups attached to an aromatic ring is 1. The fraction of sp³-hybridized carbons (Fsp3) is 0.167. The number of carbonyl (C=O) groups excluding carboxylic acids is 1. The number of hydrogen-bond donors (Lipinski definition) is 2. The zero-order chi connectivity index (χ0) is 13.1. The standard InChI is InChI=1S/C12H12ClN3OS/c1-7-2-3-8(18-7)5-16-12(17)9-4-11(13)15-6-10(9)14/h2-4,6H,5,14H2,1H3,(H,16,17). The van der Waals surface area contributed by atoms with E-state index in [1.54, 1.807) is 11.3 Å². The minimum atomic E-state index is -0.247. The fourth-order valence-corrected chi connectivity index (χ4v) is 2.47. The van der Waals surface area contributed by atoms with Gasteiger partial charge in [0.05, 0.1) is 24.0 Å². The van der Waals surface area contributed by atoms with E-state index in [1.807, 2.05) is 19.1 Å². The highest BCUT2D eigenvalue weighted by molar-refractivity contribution is 7.11. The lowest BCUT2D eigenvalue weighted by Gasteiger charge is -2.06. The Morgan fingerprint density at radius 2 is 2.33 bits per heavy atom. The van der Waals surface area contributed by atoms with Crippen LogP contribution in [-0.4, -0.2) is 10.9 Å². The molecule has 0 bridgehead atoms. The fourth-order valence-electron chi connectivity index (χ4n) is 1.48. The highest BCUT2D eigenvalue weighted by atomic mass is 35.5. The number of carbonyl (C=O) groups is 1. The molecule has 2 aromatic rings. The van der Waals surface area contributed by atoms with Gasteiger partial charge in [0.1, 0.15) is 5.15 Å². The van der Waals surface area contributed by atoms with Crippen molar-refractivity contribution in [3.63, 3.8) is 0 Å². The monoisotopic (exact) mass is 281 g/mol. The Morgan fingerprint density at radius 3 is 3.00 bits per heavy atom. The summed E-state index contributed by atoms with van der Waals surface area (Å²) >= 11 is 7.38. The Bertz CT molecular complexity index is 582. The second kappa shape index (κ2) is 5.37. The van der Waals surface area contributed by atoms with E-state index in [1.165, 1.54) is 17.1 Å². The van der Waals surface area contributed by atoms with E-state index in [9.17, 15) is 4.79 Å². The summed E-state index contributed by atoms with van der Waals surface area (Å²) in [6.45, 7) is 2.51. The molecule has 0 atom stereocenters. The molecule has 3 N–H and O–H groups in total. The number of halogens is 1. The second-order valence-electron chi connectivity index (χ2n) is 3.79. The van der Waals surface area contributed by atoms with E-state index in [4.69, 9.17) is 17.3 Å². The van der Waals surface area contributed by atoms with Crippen LogP contribution in [0.1, 0.15) is 20.1 Å². The topological polar surface area (TPSA) is 68.0 Å². The van der Waals surface area contributed by atoms with E-state index in [-0.39, 0.29) is 11.1 Å². The summed E-state index contributed by atoms with van der Waals surface area (Å²) in [7, 11) is 0. The van der Waals surface area contributed by atoms with Crippen molar-refractivity contribution in [1.29, 1.82) is 0 Å². The van der Waals surface area contributed by atoms with Gasteiger partial charge in [0.15, 0.2) is 0 Å². The van der Waals surface area contributed by atoms with Crippen LogP contribution < -0.4 is 11.1 Å². The number of anilines is 1. The van der Waals surface area contributed by atoms with Crippen molar-refractivity contribution in [2.45, 2.75) is 13.5 Å². The summed E-state index contributed by atoms with van der Waals surface area (Å²) in [4.78, 5) is 18.0. The first-order valence-electron chi connectivity index (χ1n) is 5.31. The number of aryl methyl sites for hydroxylation is 1. The number of thiophene rings is 1. The van der Waals surface area contributed by atoms with Crippen molar-refractivity contribution in [2.75, 3.05) is 5.73 Å². The third kappa shape index (κ3) is 3.00. The minimum absolute atomic E-state index is 0.247. The van der Waals surface area contributed by atoms with Gasteiger partial charge in [-0.25, -0.2) is 4.98 Å². The van der Waals surface area contributed by atoms with Gasteiger partial charge < -0.3 is 11.1 Å². The van der Waals surface area contributed by atoms with Crippen LogP contribution in [0.15, 0.2) is 24.4 Å². The van der Waals surface area contributed by atoms with E-state index >= 15 is 0 Å². The van der Waals surface area contributed by atoms with Crippen molar-refractivity contribution in [3.8, 4) is 0 Å². The highest BCUT2D eigenvalue weighted by Crippen LogP contribution is 2.17. The Morgan fingerprint density at radius 1 is 1.56 bits per heavy atom. The molecule has 0 aliphatic rings. The number of rotatable bonds is 3. The minimum Gasteiger partial charge on any atom is -0.397 e. The molecule has 0 radical (unpaired) electrons. The molecular formula is C12H12ClN3OS. The molecule has 0 fully saturated rings. The van der Waals surface area contributed by atoms with Crippen LogP contribution in [0, 0.1) is 6.92 Å². The molecule has 0 spiro atoms. The molecule has 2 aromatic heterocycles. The van der Waals surface area contributed by atoms with Gasteiger partial charge in [0.2, 0.25) is 0 Å². The molecular weight excluding hydrogens is 270 g/mol. The zero-order valence-electron chi connectivity index (χ0n) is 9.74. The van der Waals surface area contributed by atoms with Gasteiger partial charge in [-0.1, -0.05) is 11.6 Å². The maximum Gasteiger partial charge on any atom is 0.253 e. The molecule has 0 aromatic carbocycles. The van der Waals surface area contributed by atoms with Crippen LogP contribution in [0.4, 0.5) is 5.69 Å². The maximum absolute atomic E-state index is 11.9. The smallest absolute Gasteiger partial charge is 0.253 e. The maximum atomic E-state index is 11.9. The van der Waals surface area contributed by atoms with Crippen molar-refractivity contribution >= 4 is 34.5 Å². The van der Waals surface area contributed by atoms with Crippen LogP contribution in [-0.2, 0) is 6.54 Å². The zero-order valence-corrected chi connectivity index (χ0v) is 11.3. The molecule has 2 heterocycles. The van der Waals surface area contributed by atoms with Gasteiger partial charge in [-0.05, 0) is 25.1 Å². The lowest BCUT2D eigenvalue weighted by Crippen LogP contribution is -2.23. The summed E-state index contributed by atoms with van der Waals surface area (Å²) < 4.78 is 0. The number of hydrogen-bond acceptors (Lipinski definition) is 4. The summed E-state index contributed by atoms with van der Waals surface area (Å²) in [5.74, 6) is -0.247. The van der Waals surface area contributed by atoms with Crippen LogP contribution in [0.5, 0.6) is 0 Å². The molecule has 0 aliphatic heterocycles. The summed E-state index contributed by atoms with van der Waals surface area (Å²) in [6, 6.07) is 5.47. The van der Waals surface area contributed by atoms with Crippen molar-refractivity contribution in [3.05, 3.63) is 44.9 Å². The summed E-state index contributed by atoms with van der Waals surface area (Å²) in [6.07, 6.45) is 1.38. The van der Waals surface area contributed by atoms with Gasteiger partial charge in [0.25, 0.3) is 5.91 Å². The van der Waals surface area contributed by atoms with Crippen LogP contribution >= 0.6 is 22.9 Å². The molecule has 0 saturated heterocycles. The number of nitrogens with one attached hydrogen (secondary N) is 1. The van der Waals surface area contributed by atoms with Crippen molar-refractivity contribution in [2.24, 2.45) is 0 Å².